The maximum atomic E-state index is 13.3. The summed E-state index contributed by atoms with van der Waals surface area (Å²) in [5, 5.41) is 8.14. The zero-order valence-corrected chi connectivity index (χ0v) is 19.1. The molecule has 7 nitrogen and oxygen atoms in total. The Kier molecular flexibility index (Phi) is 5.26. The number of benzene rings is 2. The third-order valence-electron chi connectivity index (χ3n) is 5.75. The first-order chi connectivity index (χ1) is 16.0. The number of carbonyl (C=O) groups excluding carboxylic acids is 1. The van der Waals surface area contributed by atoms with E-state index < -0.39 is 0 Å². The second-order valence-corrected chi connectivity index (χ2v) is 8.11. The molecule has 1 amide bonds. The van der Waals surface area contributed by atoms with Gasteiger partial charge in [0.05, 0.1) is 30.6 Å². The molecule has 4 aromatic rings. The SMILES string of the molecule is COc1cc2c(cc1OC)-c1c(c(C(=O)Nc3ncccc3C)nn1-c1ccccc1Cl)C2. The topological polar surface area (TPSA) is 78.3 Å². The van der Waals surface area contributed by atoms with Gasteiger partial charge in [0.2, 0.25) is 0 Å². The first-order valence-corrected chi connectivity index (χ1v) is 10.7. The van der Waals surface area contributed by atoms with E-state index in [1.807, 2.05) is 49.4 Å². The van der Waals surface area contributed by atoms with Gasteiger partial charge in [0.25, 0.3) is 5.91 Å². The molecule has 0 bridgehead atoms. The van der Waals surface area contributed by atoms with E-state index in [-0.39, 0.29) is 5.91 Å². The predicted molar refractivity (Wildman–Crippen MR) is 127 cm³/mol. The van der Waals surface area contributed by atoms with Gasteiger partial charge in [0.15, 0.2) is 17.2 Å². The highest BCUT2D eigenvalue weighted by atomic mass is 35.5. The minimum absolute atomic E-state index is 0.323. The van der Waals surface area contributed by atoms with Crippen LogP contribution >= 0.6 is 11.6 Å². The Morgan fingerprint density at radius 2 is 1.85 bits per heavy atom. The summed E-state index contributed by atoms with van der Waals surface area (Å²) >= 11 is 6.52. The Hall–Kier alpha value is -3.84. The molecule has 0 saturated carbocycles. The number of aromatic nitrogens is 3. The molecule has 2 aromatic carbocycles. The van der Waals surface area contributed by atoms with Gasteiger partial charge in [0.1, 0.15) is 5.82 Å². The van der Waals surface area contributed by atoms with Gasteiger partial charge in [-0.05, 0) is 48.4 Å². The van der Waals surface area contributed by atoms with Crippen molar-refractivity contribution < 1.29 is 14.3 Å². The largest absolute Gasteiger partial charge is 0.493 e. The van der Waals surface area contributed by atoms with Crippen molar-refractivity contribution in [1.82, 2.24) is 14.8 Å². The molecule has 8 heteroatoms. The number of aryl methyl sites for hydroxylation is 1. The quantitative estimate of drug-likeness (QED) is 0.396. The van der Waals surface area contributed by atoms with Gasteiger partial charge in [-0.15, -0.1) is 0 Å². The summed E-state index contributed by atoms with van der Waals surface area (Å²) in [5.74, 6) is 1.41. The van der Waals surface area contributed by atoms with E-state index in [9.17, 15) is 4.79 Å². The third-order valence-corrected chi connectivity index (χ3v) is 6.07. The van der Waals surface area contributed by atoms with E-state index >= 15 is 0 Å². The Morgan fingerprint density at radius 1 is 1.09 bits per heavy atom. The smallest absolute Gasteiger partial charge is 0.277 e. The highest BCUT2D eigenvalue weighted by Crippen LogP contribution is 2.45. The minimum atomic E-state index is -0.328. The number of anilines is 1. The number of halogens is 1. The van der Waals surface area contributed by atoms with Crippen molar-refractivity contribution in [3.63, 3.8) is 0 Å². The minimum Gasteiger partial charge on any atom is -0.493 e. The number of fused-ring (bicyclic) bond motifs is 3. The summed E-state index contributed by atoms with van der Waals surface area (Å²) in [4.78, 5) is 17.6. The van der Waals surface area contributed by atoms with E-state index in [1.54, 1.807) is 31.2 Å². The highest BCUT2D eigenvalue weighted by Gasteiger charge is 2.33. The van der Waals surface area contributed by atoms with E-state index in [0.29, 0.717) is 40.1 Å². The molecule has 2 aromatic heterocycles. The monoisotopic (exact) mass is 460 g/mol. The lowest BCUT2D eigenvalue weighted by Crippen LogP contribution is -2.16. The average Bonchev–Trinajstić information content (AvgIpc) is 3.37. The fraction of sp³-hybridized carbons (Fsp3) is 0.160. The summed E-state index contributed by atoms with van der Waals surface area (Å²) in [7, 11) is 3.20. The van der Waals surface area contributed by atoms with Crippen LogP contribution in [0.4, 0.5) is 5.82 Å². The number of nitrogens with zero attached hydrogens (tertiary/aromatic N) is 3. The normalized spacial score (nSPS) is 11.6. The maximum Gasteiger partial charge on any atom is 0.277 e. The Morgan fingerprint density at radius 3 is 2.58 bits per heavy atom. The highest BCUT2D eigenvalue weighted by molar-refractivity contribution is 6.32. The molecule has 0 unspecified atom stereocenters. The zero-order valence-electron chi connectivity index (χ0n) is 18.3. The fourth-order valence-electron chi connectivity index (χ4n) is 4.14. The van der Waals surface area contributed by atoms with E-state index in [4.69, 9.17) is 26.2 Å². The molecule has 1 aliphatic rings. The second kappa shape index (κ2) is 8.26. The summed E-state index contributed by atoms with van der Waals surface area (Å²) in [6.07, 6.45) is 2.17. The van der Waals surface area contributed by atoms with Crippen LogP contribution in [0, 0.1) is 6.92 Å². The van der Waals surface area contributed by atoms with Crippen molar-refractivity contribution in [2.45, 2.75) is 13.3 Å². The van der Waals surface area contributed by atoms with Crippen LogP contribution in [-0.4, -0.2) is 34.9 Å². The third kappa shape index (κ3) is 3.50. The zero-order chi connectivity index (χ0) is 23.1. The lowest BCUT2D eigenvalue weighted by Gasteiger charge is -2.13. The fourth-order valence-corrected chi connectivity index (χ4v) is 4.35. The number of methoxy groups -OCH3 is 2. The Labute approximate surface area is 195 Å². The number of pyridine rings is 1. The van der Waals surface area contributed by atoms with Crippen LogP contribution in [0.15, 0.2) is 54.7 Å². The van der Waals surface area contributed by atoms with E-state index in [2.05, 4.69) is 10.3 Å². The molecule has 0 radical (unpaired) electrons. The Balaban J connectivity index is 1.69. The van der Waals surface area contributed by atoms with Gasteiger partial charge >= 0.3 is 0 Å². The van der Waals surface area contributed by atoms with Gasteiger partial charge in [-0.3, -0.25) is 4.79 Å². The van der Waals surface area contributed by atoms with Crippen LogP contribution < -0.4 is 14.8 Å². The van der Waals surface area contributed by atoms with Crippen LogP contribution in [0.3, 0.4) is 0 Å². The molecule has 33 heavy (non-hydrogen) atoms. The Bertz CT molecular complexity index is 1400. The van der Waals surface area contributed by atoms with Crippen LogP contribution in [0.2, 0.25) is 5.02 Å². The van der Waals surface area contributed by atoms with Crippen molar-refractivity contribution in [2.24, 2.45) is 0 Å². The number of rotatable bonds is 5. The van der Waals surface area contributed by atoms with Crippen molar-refractivity contribution in [1.29, 1.82) is 0 Å². The molecular formula is C25H21ClN4O3. The van der Waals surface area contributed by atoms with Crippen molar-refractivity contribution >= 4 is 23.3 Å². The van der Waals surface area contributed by atoms with Gasteiger partial charge in [-0.1, -0.05) is 29.8 Å². The molecule has 0 fully saturated rings. The van der Waals surface area contributed by atoms with Gasteiger partial charge in [-0.25, -0.2) is 9.67 Å². The first-order valence-electron chi connectivity index (χ1n) is 10.4. The molecule has 0 saturated heterocycles. The summed E-state index contributed by atoms with van der Waals surface area (Å²) < 4.78 is 12.7. The van der Waals surface area contributed by atoms with Crippen molar-refractivity contribution in [3.8, 4) is 28.4 Å². The second-order valence-electron chi connectivity index (χ2n) is 7.70. The van der Waals surface area contributed by atoms with Crippen molar-refractivity contribution in [3.05, 3.63) is 82.1 Å². The molecule has 166 valence electrons. The maximum absolute atomic E-state index is 13.3. The van der Waals surface area contributed by atoms with Crippen LogP contribution in [0.1, 0.15) is 27.2 Å². The molecule has 0 atom stereocenters. The standard InChI is InChI=1S/C25H21ClN4O3/c1-14-7-6-10-27-24(14)28-25(31)22-17-11-15-12-20(32-2)21(33-3)13-16(15)23(17)30(29-22)19-9-5-4-8-18(19)26/h4-10,12-13H,11H2,1-3H3,(H,27,28,31). The van der Waals surface area contributed by atoms with Crippen LogP contribution in [0.25, 0.3) is 16.9 Å². The summed E-state index contributed by atoms with van der Waals surface area (Å²) in [5.41, 5.74) is 5.43. The molecule has 1 N–H and O–H groups in total. The van der Waals surface area contributed by atoms with Gasteiger partial charge in [-0.2, -0.15) is 5.10 Å². The molecule has 0 spiro atoms. The van der Waals surface area contributed by atoms with Crippen LogP contribution in [-0.2, 0) is 6.42 Å². The number of carbonyl (C=O) groups is 1. The molecular weight excluding hydrogens is 440 g/mol. The number of amides is 1. The number of hydrogen-bond donors (Lipinski definition) is 1. The number of para-hydroxylation sites is 1. The predicted octanol–water partition coefficient (Wildman–Crippen LogP) is 5.07. The molecule has 0 aliphatic heterocycles. The summed E-state index contributed by atoms with van der Waals surface area (Å²) in [6, 6.07) is 15.0. The van der Waals surface area contributed by atoms with Crippen LogP contribution in [0.5, 0.6) is 11.5 Å². The van der Waals surface area contributed by atoms with Gasteiger partial charge in [0, 0.05) is 23.7 Å². The molecule has 2 heterocycles. The lowest BCUT2D eigenvalue weighted by molar-refractivity contribution is 0.102. The molecule has 1 aliphatic carbocycles. The van der Waals surface area contributed by atoms with Gasteiger partial charge < -0.3 is 14.8 Å². The number of hydrogen-bond acceptors (Lipinski definition) is 5. The van der Waals surface area contributed by atoms with E-state index in [0.717, 1.165) is 27.9 Å². The number of ether oxygens (including phenoxy) is 2. The molecule has 5 rings (SSSR count). The number of nitrogens with one attached hydrogen (secondary N) is 1. The average molecular weight is 461 g/mol. The van der Waals surface area contributed by atoms with E-state index in [1.165, 1.54) is 0 Å². The lowest BCUT2D eigenvalue weighted by atomic mass is 10.1. The van der Waals surface area contributed by atoms with Crippen molar-refractivity contribution in [2.75, 3.05) is 19.5 Å². The summed E-state index contributed by atoms with van der Waals surface area (Å²) in [6.45, 7) is 1.89. The first kappa shape index (κ1) is 21.0.